The quantitative estimate of drug-likeness (QED) is 0.564. The van der Waals surface area contributed by atoms with E-state index in [1.165, 1.54) is 11.1 Å². The van der Waals surface area contributed by atoms with Crippen molar-refractivity contribution in [3.05, 3.63) is 77.6 Å². The van der Waals surface area contributed by atoms with Crippen LogP contribution in [0.15, 0.2) is 60.8 Å². The van der Waals surface area contributed by atoms with E-state index >= 15 is 0 Å². The Bertz CT molecular complexity index is 1120. The van der Waals surface area contributed by atoms with E-state index in [2.05, 4.69) is 36.2 Å². The summed E-state index contributed by atoms with van der Waals surface area (Å²) in [5.41, 5.74) is 6.27. The Morgan fingerprint density at radius 3 is 2.85 bits per heavy atom. The molecular weight excluding hydrogens is 326 g/mol. The minimum absolute atomic E-state index is 0.269. The Labute approximate surface area is 150 Å². The molecule has 0 N–H and O–H groups in total. The van der Waals surface area contributed by atoms with Gasteiger partial charge in [0, 0.05) is 12.0 Å². The second-order valence-corrected chi connectivity index (χ2v) is 6.47. The lowest BCUT2D eigenvalue weighted by molar-refractivity contribution is 0.174. The number of rotatable bonds is 3. The van der Waals surface area contributed by atoms with Crippen LogP contribution in [0.5, 0.6) is 11.5 Å². The van der Waals surface area contributed by atoms with Crippen LogP contribution in [0, 0.1) is 6.92 Å². The highest BCUT2D eigenvalue weighted by atomic mass is 16.7. The van der Waals surface area contributed by atoms with E-state index in [9.17, 15) is 0 Å². The summed E-state index contributed by atoms with van der Waals surface area (Å²) in [6.07, 6.45) is 2.63. The molecule has 5 nitrogen and oxygen atoms in total. The molecule has 0 spiro atoms. The third-order valence-electron chi connectivity index (χ3n) is 4.55. The molecular formula is C21H17N3O2. The smallest absolute Gasteiger partial charge is 0.231 e. The van der Waals surface area contributed by atoms with Gasteiger partial charge in [-0.1, -0.05) is 29.8 Å². The van der Waals surface area contributed by atoms with Crippen LogP contribution in [-0.4, -0.2) is 21.4 Å². The largest absolute Gasteiger partial charge is 0.454 e. The molecule has 0 saturated heterocycles. The summed E-state index contributed by atoms with van der Waals surface area (Å²) in [5.74, 6) is 1.53. The molecule has 2 aromatic carbocycles. The first-order valence-electron chi connectivity index (χ1n) is 8.55. The van der Waals surface area contributed by atoms with Gasteiger partial charge in [0.05, 0.1) is 17.6 Å². The Morgan fingerprint density at radius 1 is 1.00 bits per heavy atom. The fourth-order valence-corrected chi connectivity index (χ4v) is 3.29. The lowest BCUT2D eigenvalue weighted by atomic mass is 10.1. The summed E-state index contributed by atoms with van der Waals surface area (Å²) in [4.78, 5) is 4.48. The summed E-state index contributed by atoms with van der Waals surface area (Å²) in [6, 6.07) is 18.5. The number of hydrogen-bond acceptors (Lipinski definition) is 4. The Morgan fingerprint density at radius 2 is 1.92 bits per heavy atom. The molecule has 1 aliphatic rings. The molecule has 0 fully saturated rings. The van der Waals surface area contributed by atoms with Crippen molar-refractivity contribution in [1.82, 2.24) is 14.6 Å². The van der Waals surface area contributed by atoms with Gasteiger partial charge in [0.1, 0.15) is 0 Å². The van der Waals surface area contributed by atoms with Crippen LogP contribution >= 0.6 is 0 Å². The zero-order valence-corrected chi connectivity index (χ0v) is 14.3. The second kappa shape index (κ2) is 5.88. The maximum Gasteiger partial charge on any atom is 0.231 e. The zero-order chi connectivity index (χ0) is 17.5. The average Bonchev–Trinajstić information content (AvgIpc) is 3.27. The SMILES string of the molecule is Cc1cccc(Cc2ccc3ncc(-c4ccc5c(c4)OCO5)n3n2)c1. The van der Waals surface area contributed by atoms with Gasteiger partial charge >= 0.3 is 0 Å². The van der Waals surface area contributed by atoms with Crippen LogP contribution < -0.4 is 9.47 Å². The van der Waals surface area contributed by atoms with Gasteiger partial charge < -0.3 is 9.47 Å². The van der Waals surface area contributed by atoms with E-state index in [-0.39, 0.29) is 6.79 Å². The van der Waals surface area contributed by atoms with E-state index < -0.39 is 0 Å². The first-order chi connectivity index (χ1) is 12.8. The number of nitrogens with zero attached hydrogens (tertiary/aromatic N) is 3. The number of aromatic nitrogens is 3. The molecule has 128 valence electrons. The van der Waals surface area contributed by atoms with E-state index in [0.29, 0.717) is 0 Å². The highest BCUT2D eigenvalue weighted by molar-refractivity contribution is 5.67. The molecule has 1 aliphatic heterocycles. The van der Waals surface area contributed by atoms with Gasteiger partial charge in [-0.05, 0) is 42.8 Å². The highest BCUT2D eigenvalue weighted by Crippen LogP contribution is 2.35. The normalized spacial score (nSPS) is 12.7. The van der Waals surface area contributed by atoms with Crippen LogP contribution in [0.2, 0.25) is 0 Å². The molecule has 0 atom stereocenters. The molecule has 5 heteroatoms. The van der Waals surface area contributed by atoms with E-state index in [1.54, 1.807) is 0 Å². The molecule has 3 heterocycles. The number of benzene rings is 2. The number of hydrogen-bond donors (Lipinski definition) is 0. The Hall–Kier alpha value is -3.34. The molecule has 0 aliphatic carbocycles. The molecule has 5 rings (SSSR count). The van der Waals surface area contributed by atoms with Crippen LogP contribution in [0.4, 0.5) is 0 Å². The lowest BCUT2D eigenvalue weighted by Crippen LogP contribution is -2.00. The van der Waals surface area contributed by atoms with E-state index in [4.69, 9.17) is 14.6 Å². The van der Waals surface area contributed by atoms with Gasteiger partial charge in [0.2, 0.25) is 6.79 Å². The predicted octanol–water partition coefficient (Wildman–Crippen LogP) is 4.02. The third kappa shape index (κ3) is 2.58. The van der Waals surface area contributed by atoms with Gasteiger partial charge in [-0.3, -0.25) is 0 Å². The first-order valence-corrected chi connectivity index (χ1v) is 8.55. The standard InChI is InChI=1S/C21H17N3O2/c1-14-3-2-4-15(9-14)10-17-6-8-21-22-12-18(24(21)23-17)16-5-7-19-20(11-16)26-13-25-19/h2-9,11-12H,10,13H2,1H3. The molecule has 4 aromatic rings. The van der Waals surface area contributed by atoms with E-state index in [0.717, 1.165) is 40.5 Å². The number of imidazole rings is 1. The van der Waals surface area contributed by atoms with Crippen LogP contribution in [0.25, 0.3) is 16.9 Å². The monoisotopic (exact) mass is 343 g/mol. The Balaban J connectivity index is 1.55. The number of fused-ring (bicyclic) bond motifs is 2. The molecule has 0 radical (unpaired) electrons. The molecule has 0 saturated carbocycles. The van der Waals surface area contributed by atoms with Crippen molar-refractivity contribution in [2.24, 2.45) is 0 Å². The predicted molar refractivity (Wildman–Crippen MR) is 98.5 cm³/mol. The van der Waals surface area contributed by atoms with Crippen LogP contribution in [-0.2, 0) is 6.42 Å². The first kappa shape index (κ1) is 15.0. The molecule has 26 heavy (non-hydrogen) atoms. The lowest BCUT2D eigenvalue weighted by Gasteiger charge is -2.06. The van der Waals surface area contributed by atoms with Crippen molar-refractivity contribution in [2.75, 3.05) is 6.79 Å². The van der Waals surface area contributed by atoms with Gasteiger partial charge in [-0.2, -0.15) is 5.10 Å². The minimum Gasteiger partial charge on any atom is -0.454 e. The molecule has 2 aromatic heterocycles. The number of ether oxygens (including phenoxy) is 2. The van der Waals surface area contributed by atoms with Gasteiger partial charge in [0.15, 0.2) is 17.1 Å². The van der Waals surface area contributed by atoms with Crippen molar-refractivity contribution >= 4 is 5.65 Å². The van der Waals surface area contributed by atoms with Crippen molar-refractivity contribution < 1.29 is 9.47 Å². The average molecular weight is 343 g/mol. The second-order valence-electron chi connectivity index (χ2n) is 6.47. The fourth-order valence-electron chi connectivity index (χ4n) is 3.29. The van der Waals surface area contributed by atoms with Gasteiger partial charge in [0.25, 0.3) is 0 Å². The molecule has 0 bridgehead atoms. The maximum atomic E-state index is 5.49. The van der Waals surface area contributed by atoms with Crippen LogP contribution in [0.1, 0.15) is 16.8 Å². The van der Waals surface area contributed by atoms with Gasteiger partial charge in [-0.15, -0.1) is 0 Å². The summed E-state index contributed by atoms with van der Waals surface area (Å²) in [7, 11) is 0. The fraction of sp³-hybridized carbons (Fsp3) is 0.143. The zero-order valence-electron chi connectivity index (χ0n) is 14.3. The third-order valence-corrected chi connectivity index (χ3v) is 4.55. The minimum atomic E-state index is 0.269. The maximum absolute atomic E-state index is 5.49. The van der Waals surface area contributed by atoms with E-state index in [1.807, 2.05) is 41.0 Å². The van der Waals surface area contributed by atoms with Crippen molar-refractivity contribution in [3.63, 3.8) is 0 Å². The topological polar surface area (TPSA) is 48.7 Å². The highest BCUT2D eigenvalue weighted by Gasteiger charge is 2.16. The summed E-state index contributed by atoms with van der Waals surface area (Å²) in [5, 5.41) is 4.81. The van der Waals surface area contributed by atoms with Crippen LogP contribution in [0.3, 0.4) is 0 Å². The van der Waals surface area contributed by atoms with Crippen molar-refractivity contribution in [2.45, 2.75) is 13.3 Å². The summed E-state index contributed by atoms with van der Waals surface area (Å²) >= 11 is 0. The Kier molecular flexibility index (Phi) is 3.38. The molecule has 0 amide bonds. The van der Waals surface area contributed by atoms with Crippen molar-refractivity contribution in [3.8, 4) is 22.8 Å². The molecule has 0 unspecified atom stereocenters. The van der Waals surface area contributed by atoms with Gasteiger partial charge in [-0.25, -0.2) is 9.50 Å². The number of aryl methyl sites for hydroxylation is 1. The summed E-state index contributed by atoms with van der Waals surface area (Å²) in [6.45, 7) is 2.37. The summed E-state index contributed by atoms with van der Waals surface area (Å²) < 4.78 is 12.8. The van der Waals surface area contributed by atoms with Crippen molar-refractivity contribution in [1.29, 1.82) is 0 Å².